The molecular formula is C14H11N5O2S2. The Hall–Kier alpha value is -2.52. The van der Waals surface area contributed by atoms with E-state index in [-0.39, 0.29) is 10.8 Å². The first-order valence-corrected chi connectivity index (χ1v) is 9.03. The summed E-state index contributed by atoms with van der Waals surface area (Å²) in [6, 6.07) is 9.10. The summed E-state index contributed by atoms with van der Waals surface area (Å²) in [5.74, 6) is 0.329. The maximum Gasteiger partial charge on any atom is 0.265 e. The molecule has 116 valence electrons. The van der Waals surface area contributed by atoms with E-state index in [2.05, 4.69) is 19.8 Å². The molecule has 3 aromatic heterocycles. The van der Waals surface area contributed by atoms with Gasteiger partial charge in [0.1, 0.15) is 4.90 Å². The molecule has 0 aliphatic rings. The fourth-order valence-corrected chi connectivity index (χ4v) is 5.18. The smallest absolute Gasteiger partial charge is 0.246 e. The molecule has 0 radical (unpaired) electrons. The minimum Gasteiger partial charge on any atom is -0.246 e. The van der Waals surface area contributed by atoms with Gasteiger partial charge in [-0.15, -0.1) is 16.4 Å². The summed E-state index contributed by atoms with van der Waals surface area (Å²) >= 11 is 1.44. The first-order chi connectivity index (χ1) is 11.0. The van der Waals surface area contributed by atoms with Crippen LogP contribution in [0.5, 0.6) is 0 Å². The van der Waals surface area contributed by atoms with Gasteiger partial charge in [0.2, 0.25) is 0 Å². The predicted molar refractivity (Wildman–Crippen MR) is 88.2 cm³/mol. The third-order valence-electron chi connectivity index (χ3n) is 3.33. The van der Waals surface area contributed by atoms with Crippen LogP contribution in [-0.4, -0.2) is 28.0 Å². The van der Waals surface area contributed by atoms with Gasteiger partial charge in [-0.2, -0.15) is 4.98 Å². The Morgan fingerprint density at radius 1 is 1.22 bits per heavy atom. The normalized spacial score (nSPS) is 12.0. The van der Waals surface area contributed by atoms with Gasteiger partial charge in [-0.05, 0) is 19.1 Å². The van der Waals surface area contributed by atoms with Gasteiger partial charge < -0.3 is 0 Å². The zero-order valence-electron chi connectivity index (χ0n) is 12.0. The fourth-order valence-electron chi connectivity index (χ4n) is 2.43. The third-order valence-corrected chi connectivity index (χ3v) is 6.06. The molecule has 4 aromatic rings. The highest BCUT2D eigenvalue weighted by molar-refractivity contribution is 7.93. The largest absolute Gasteiger partial charge is 0.265 e. The summed E-state index contributed by atoms with van der Waals surface area (Å²) in [5.41, 5.74) is 0. The lowest BCUT2D eigenvalue weighted by Gasteiger charge is -2.04. The Balaban J connectivity index is 1.81. The molecule has 7 nitrogen and oxygen atoms in total. The topological polar surface area (TPSA) is 89.2 Å². The van der Waals surface area contributed by atoms with Crippen LogP contribution in [0, 0.1) is 6.92 Å². The van der Waals surface area contributed by atoms with Crippen molar-refractivity contribution in [2.75, 3.05) is 4.72 Å². The number of hydrogen-bond acceptors (Lipinski definition) is 6. The molecule has 3 heterocycles. The molecule has 0 spiro atoms. The Morgan fingerprint density at radius 3 is 2.87 bits per heavy atom. The van der Waals surface area contributed by atoms with Crippen LogP contribution in [0.1, 0.15) is 4.88 Å². The Bertz CT molecular complexity index is 1100. The van der Waals surface area contributed by atoms with Gasteiger partial charge in [0.25, 0.3) is 21.7 Å². The summed E-state index contributed by atoms with van der Waals surface area (Å²) in [5, 5.41) is 4.77. The highest BCUT2D eigenvalue weighted by Gasteiger charge is 2.24. The average molecular weight is 345 g/mol. The van der Waals surface area contributed by atoms with Crippen LogP contribution in [0.2, 0.25) is 0 Å². The molecule has 0 saturated carbocycles. The lowest BCUT2D eigenvalue weighted by Crippen LogP contribution is -2.14. The molecule has 0 aliphatic carbocycles. The summed E-state index contributed by atoms with van der Waals surface area (Å²) in [4.78, 5) is 9.08. The number of sulfonamides is 1. The second-order valence-corrected chi connectivity index (χ2v) is 7.76. The van der Waals surface area contributed by atoms with Crippen molar-refractivity contribution in [2.45, 2.75) is 11.8 Å². The molecule has 1 aromatic carbocycles. The van der Waals surface area contributed by atoms with E-state index in [0.717, 1.165) is 9.58 Å². The fraction of sp³-hybridized carbons (Fsp3) is 0.0714. The van der Waals surface area contributed by atoms with E-state index in [9.17, 15) is 8.42 Å². The second-order valence-electron chi connectivity index (χ2n) is 4.89. The molecule has 1 N–H and O–H groups in total. The standard InChI is InChI=1S/C14H11N5O2S2/c1-9-12(10-5-2-3-6-11(10)22-9)23(20,21)18-13-16-14-15-7-4-8-19(14)17-13/h2-8H,1H3,(H,17,18). The maximum atomic E-state index is 12.8. The quantitative estimate of drug-likeness (QED) is 0.616. The van der Waals surface area contributed by atoms with E-state index >= 15 is 0 Å². The number of fused-ring (bicyclic) bond motifs is 2. The first-order valence-electron chi connectivity index (χ1n) is 6.73. The maximum absolute atomic E-state index is 12.8. The van der Waals surface area contributed by atoms with Crippen LogP contribution >= 0.6 is 11.3 Å². The summed E-state index contributed by atoms with van der Waals surface area (Å²) < 4.78 is 30.3. The monoisotopic (exact) mass is 345 g/mol. The van der Waals surface area contributed by atoms with Gasteiger partial charge in [0.15, 0.2) is 0 Å². The molecule has 0 amide bonds. The van der Waals surface area contributed by atoms with Crippen LogP contribution < -0.4 is 4.72 Å². The van der Waals surface area contributed by atoms with Crippen molar-refractivity contribution in [3.8, 4) is 0 Å². The van der Waals surface area contributed by atoms with Crippen molar-refractivity contribution in [3.05, 3.63) is 47.6 Å². The summed E-state index contributed by atoms with van der Waals surface area (Å²) in [7, 11) is -3.78. The summed E-state index contributed by atoms with van der Waals surface area (Å²) in [6.07, 6.45) is 3.22. The Kier molecular flexibility index (Phi) is 3.06. The molecule has 0 atom stereocenters. The van der Waals surface area contributed by atoms with Gasteiger partial charge in [-0.3, -0.25) is 0 Å². The first kappa shape index (κ1) is 14.1. The third kappa shape index (κ3) is 2.34. The lowest BCUT2D eigenvalue weighted by molar-refractivity contribution is 0.601. The van der Waals surface area contributed by atoms with E-state index < -0.39 is 10.0 Å². The van der Waals surface area contributed by atoms with Crippen LogP contribution in [0.15, 0.2) is 47.6 Å². The molecule has 0 aliphatic heterocycles. The van der Waals surface area contributed by atoms with Crippen molar-refractivity contribution in [1.29, 1.82) is 0 Å². The molecule has 0 bridgehead atoms. The number of aromatic nitrogens is 4. The van der Waals surface area contributed by atoms with Crippen LogP contribution in [0.4, 0.5) is 5.95 Å². The van der Waals surface area contributed by atoms with E-state index in [1.54, 1.807) is 31.5 Å². The van der Waals surface area contributed by atoms with Gasteiger partial charge in [-0.25, -0.2) is 22.6 Å². The van der Waals surface area contributed by atoms with Gasteiger partial charge >= 0.3 is 0 Å². The highest BCUT2D eigenvalue weighted by atomic mass is 32.2. The van der Waals surface area contributed by atoms with Crippen LogP contribution in [0.25, 0.3) is 15.9 Å². The molecule has 0 unspecified atom stereocenters. The minimum absolute atomic E-state index is 0.00150. The van der Waals surface area contributed by atoms with E-state index in [1.807, 2.05) is 18.2 Å². The molecule has 0 fully saturated rings. The van der Waals surface area contributed by atoms with E-state index in [1.165, 1.54) is 15.9 Å². The highest BCUT2D eigenvalue weighted by Crippen LogP contribution is 2.34. The second kappa shape index (κ2) is 5.00. The minimum atomic E-state index is -3.78. The number of hydrogen-bond donors (Lipinski definition) is 1. The number of anilines is 1. The SMILES string of the molecule is Cc1sc2ccccc2c1S(=O)(=O)Nc1nc2ncccn2n1. The number of rotatable bonds is 3. The van der Waals surface area contributed by atoms with Gasteiger partial charge in [-0.1, -0.05) is 18.2 Å². The Morgan fingerprint density at radius 2 is 2.04 bits per heavy atom. The van der Waals surface area contributed by atoms with E-state index in [0.29, 0.717) is 11.2 Å². The number of aryl methyl sites for hydroxylation is 1. The van der Waals surface area contributed by atoms with Gasteiger partial charge in [0.05, 0.1) is 0 Å². The zero-order chi connectivity index (χ0) is 16.0. The average Bonchev–Trinajstić information content (AvgIpc) is 3.05. The zero-order valence-corrected chi connectivity index (χ0v) is 13.6. The van der Waals surface area contributed by atoms with Crippen molar-refractivity contribution in [2.24, 2.45) is 0 Å². The van der Waals surface area contributed by atoms with Crippen LogP contribution in [-0.2, 0) is 10.0 Å². The number of nitrogens with one attached hydrogen (secondary N) is 1. The number of nitrogens with zero attached hydrogens (tertiary/aromatic N) is 4. The van der Waals surface area contributed by atoms with Crippen molar-refractivity contribution >= 4 is 43.2 Å². The van der Waals surface area contributed by atoms with Crippen molar-refractivity contribution in [1.82, 2.24) is 19.6 Å². The van der Waals surface area contributed by atoms with Crippen molar-refractivity contribution in [3.63, 3.8) is 0 Å². The molecule has 9 heteroatoms. The van der Waals surface area contributed by atoms with Crippen molar-refractivity contribution < 1.29 is 8.42 Å². The lowest BCUT2D eigenvalue weighted by atomic mass is 10.2. The van der Waals surface area contributed by atoms with E-state index in [4.69, 9.17) is 0 Å². The number of benzene rings is 1. The molecule has 23 heavy (non-hydrogen) atoms. The number of thiophene rings is 1. The molecular weight excluding hydrogens is 334 g/mol. The summed E-state index contributed by atoms with van der Waals surface area (Å²) in [6.45, 7) is 1.79. The molecule has 0 saturated heterocycles. The van der Waals surface area contributed by atoms with Gasteiger partial charge in [0, 0.05) is 27.4 Å². The predicted octanol–water partition coefficient (Wildman–Crippen LogP) is 2.45. The molecule has 4 rings (SSSR count). The van der Waals surface area contributed by atoms with Crippen LogP contribution in [0.3, 0.4) is 0 Å². The Labute approximate surface area is 135 Å².